The first-order valence-electron chi connectivity index (χ1n) is 12.7. The van der Waals surface area contributed by atoms with E-state index in [1.54, 1.807) is 29.1 Å². The topological polar surface area (TPSA) is 114 Å². The molecule has 3 heterocycles. The highest BCUT2D eigenvalue weighted by Gasteiger charge is 2.32. The lowest BCUT2D eigenvalue weighted by Gasteiger charge is -2.10. The molecule has 5 aromatic rings. The summed E-state index contributed by atoms with van der Waals surface area (Å²) >= 11 is 7.29. The van der Waals surface area contributed by atoms with Crippen LogP contribution in [0.25, 0.3) is 28.1 Å². The van der Waals surface area contributed by atoms with E-state index in [2.05, 4.69) is 20.8 Å². The molecule has 41 heavy (non-hydrogen) atoms. The van der Waals surface area contributed by atoms with Crippen LogP contribution in [0.1, 0.15) is 17.5 Å². The highest BCUT2D eigenvalue weighted by molar-refractivity contribution is 8.15. The number of halogens is 1. The molecule has 0 saturated carbocycles. The highest BCUT2D eigenvalue weighted by atomic mass is 35.5. The largest absolute Gasteiger partial charge is 0.454 e. The highest BCUT2D eigenvalue weighted by Crippen LogP contribution is 2.30. The number of amidine groups is 1. The van der Waals surface area contributed by atoms with E-state index in [0.29, 0.717) is 32.9 Å². The number of carbonyl (C=O) groups excluding carboxylic acids is 2. The first-order chi connectivity index (χ1) is 19.9. The summed E-state index contributed by atoms with van der Waals surface area (Å²) in [6, 6.07) is 24.7. The fourth-order valence-corrected chi connectivity index (χ4v) is 5.43. The van der Waals surface area contributed by atoms with Gasteiger partial charge in [-0.25, -0.2) is 4.68 Å². The van der Waals surface area contributed by atoms with Gasteiger partial charge in [-0.05, 0) is 48.9 Å². The number of para-hydroxylation sites is 2. The fourth-order valence-electron chi connectivity index (χ4n) is 4.33. The molecule has 0 aliphatic carbocycles. The van der Waals surface area contributed by atoms with Gasteiger partial charge >= 0.3 is 0 Å². The molecule has 1 saturated heterocycles. The van der Waals surface area contributed by atoms with Crippen molar-refractivity contribution in [2.24, 2.45) is 10.2 Å². The number of thioether (sulfide) groups is 1. The zero-order chi connectivity index (χ0) is 28.3. The predicted octanol–water partition coefficient (Wildman–Crippen LogP) is 6.20. The number of aromatic nitrogens is 2. The number of benzene rings is 3. The Labute approximate surface area is 244 Å². The standard InChI is InChI=1S/C30H23ClN6O3S/c1-18-22(31)11-7-12-23(18)33-27(38)15-26-29(39)34-30(41-26)35-32-16-20-17-37(21-9-3-2-4-10-21)36-28(20)25-14-19-8-5-6-13-24(19)40-25/h2-14,16-17,26H,15H2,1H3,(H,33,38)(H,34,35,39)/b32-16+. The molecular formula is C30H23ClN6O3S. The van der Waals surface area contributed by atoms with Crippen molar-refractivity contribution in [1.29, 1.82) is 0 Å². The van der Waals surface area contributed by atoms with Crippen molar-refractivity contribution in [2.45, 2.75) is 18.6 Å². The summed E-state index contributed by atoms with van der Waals surface area (Å²) in [7, 11) is 0. The summed E-state index contributed by atoms with van der Waals surface area (Å²) in [5, 5.41) is 19.9. The van der Waals surface area contributed by atoms with Gasteiger partial charge in [0.15, 0.2) is 10.9 Å². The monoisotopic (exact) mass is 582 g/mol. The molecule has 1 aliphatic rings. The molecule has 204 valence electrons. The normalized spacial score (nSPS) is 16.1. The van der Waals surface area contributed by atoms with Crippen molar-refractivity contribution >= 4 is 63.2 Å². The first-order valence-corrected chi connectivity index (χ1v) is 14.0. The van der Waals surface area contributed by atoms with E-state index in [1.807, 2.05) is 73.8 Å². The maximum absolute atomic E-state index is 12.6. The Morgan fingerprint density at radius 3 is 2.78 bits per heavy atom. The maximum Gasteiger partial charge on any atom is 0.240 e. The predicted molar refractivity (Wildman–Crippen MR) is 163 cm³/mol. The molecule has 0 spiro atoms. The molecule has 9 nitrogen and oxygen atoms in total. The van der Waals surface area contributed by atoms with E-state index in [9.17, 15) is 9.59 Å². The molecule has 1 fully saturated rings. The van der Waals surface area contributed by atoms with E-state index in [1.165, 1.54) is 0 Å². The summed E-state index contributed by atoms with van der Waals surface area (Å²) in [6.45, 7) is 1.82. The second-order valence-electron chi connectivity index (χ2n) is 9.27. The van der Waals surface area contributed by atoms with Crippen LogP contribution in [-0.2, 0) is 9.59 Å². The number of rotatable bonds is 7. The Kier molecular flexibility index (Phi) is 7.41. The quantitative estimate of drug-likeness (QED) is 0.175. The summed E-state index contributed by atoms with van der Waals surface area (Å²) < 4.78 is 7.82. The number of nitrogens with one attached hydrogen (secondary N) is 2. The van der Waals surface area contributed by atoms with Gasteiger partial charge < -0.3 is 15.1 Å². The van der Waals surface area contributed by atoms with Crippen molar-refractivity contribution < 1.29 is 14.0 Å². The Bertz CT molecular complexity index is 1800. The molecule has 1 unspecified atom stereocenters. The first kappa shape index (κ1) is 26.5. The van der Waals surface area contributed by atoms with E-state index in [4.69, 9.17) is 21.1 Å². The van der Waals surface area contributed by atoms with Gasteiger partial charge in [-0.2, -0.15) is 10.2 Å². The second kappa shape index (κ2) is 11.4. The molecule has 0 radical (unpaired) electrons. The Morgan fingerprint density at radius 2 is 1.95 bits per heavy atom. The van der Waals surface area contributed by atoms with Crippen LogP contribution in [0, 0.1) is 6.92 Å². The van der Waals surface area contributed by atoms with Crippen LogP contribution < -0.4 is 10.6 Å². The number of carbonyl (C=O) groups is 2. The second-order valence-corrected chi connectivity index (χ2v) is 10.9. The number of nitrogens with zero attached hydrogens (tertiary/aromatic N) is 4. The van der Waals surface area contributed by atoms with Gasteiger partial charge in [-0.3, -0.25) is 9.59 Å². The van der Waals surface area contributed by atoms with Crippen LogP contribution in [0.4, 0.5) is 5.69 Å². The molecule has 2 N–H and O–H groups in total. The van der Waals surface area contributed by atoms with Crippen LogP contribution >= 0.6 is 23.4 Å². The minimum absolute atomic E-state index is 0.0226. The number of furan rings is 1. The molecule has 6 rings (SSSR count). The van der Waals surface area contributed by atoms with Gasteiger partial charge in [-0.15, -0.1) is 5.10 Å². The van der Waals surface area contributed by atoms with E-state index < -0.39 is 5.25 Å². The third kappa shape index (κ3) is 5.79. The van der Waals surface area contributed by atoms with Crippen LogP contribution in [-0.4, -0.2) is 38.2 Å². The van der Waals surface area contributed by atoms with E-state index in [-0.39, 0.29) is 18.2 Å². The fraction of sp³-hybridized carbons (Fsp3) is 0.100. The van der Waals surface area contributed by atoms with Crippen molar-refractivity contribution in [2.75, 3.05) is 5.32 Å². The van der Waals surface area contributed by atoms with Crippen LogP contribution in [0.3, 0.4) is 0 Å². The lowest BCUT2D eigenvalue weighted by atomic mass is 10.2. The van der Waals surface area contributed by atoms with Gasteiger partial charge in [0, 0.05) is 34.3 Å². The molecule has 2 aromatic heterocycles. The molecule has 11 heteroatoms. The lowest BCUT2D eigenvalue weighted by molar-refractivity contribution is -0.122. The van der Waals surface area contributed by atoms with Gasteiger partial charge in [0.2, 0.25) is 11.8 Å². The number of hydrogen-bond acceptors (Lipinski definition) is 7. The summed E-state index contributed by atoms with van der Waals surface area (Å²) in [5.74, 6) is -0.00195. The van der Waals surface area contributed by atoms with Crippen molar-refractivity contribution in [3.63, 3.8) is 0 Å². The van der Waals surface area contributed by atoms with Gasteiger partial charge in [0.1, 0.15) is 16.5 Å². The van der Waals surface area contributed by atoms with Crippen molar-refractivity contribution in [1.82, 2.24) is 15.1 Å². The zero-order valence-electron chi connectivity index (χ0n) is 21.7. The van der Waals surface area contributed by atoms with Crippen LogP contribution in [0.15, 0.2) is 99.7 Å². The lowest BCUT2D eigenvalue weighted by Crippen LogP contribution is -2.28. The Hall–Kier alpha value is -4.67. The van der Waals surface area contributed by atoms with Crippen LogP contribution in [0.2, 0.25) is 5.02 Å². The Balaban J connectivity index is 1.20. The average Bonchev–Trinajstić information content (AvgIpc) is 3.68. The minimum atomic E-state index is -0.629. The Morgan fingerprint density at radius 1 is 1.15 bits per heavy atom. The zero-order valence-corrected chi connectivity index (χ0v) is 23.3. The number of hydrogen-bond donors (Lipinski definition) is 2. The van der Waals surface area contributed by atoms with E-state index >= 15 is 0 Å². The summed E-state index contributed by atoms with van der Waals surface area (Å²) in [5.41, 5.74) is 4.29. The van der Waals surface area contributed by atoms with Gasteiger partial charge in [-0.1, -0.05) is 65.8 Å². The number of amides is 2. The molecule has 0 bridgehead atoms. The number of anilines is 1. The molecule has 1 atom stereocenters. The van der Waals surface area contributed by atoms with Crippen molar-refractivity contribution in [3.8, 4) is 17.1 Å². The number of fused-ring (bicyclic) bond motifs is 1. The van der Waals surface area contributed by atoms with Crippen LogP contribution in [0.5, 0.6) is 0 Å². The summed E-state index contributed by atoms with van der Waals surface area (Å²) in [6.07, 6.45) is 3.38. The van der Waals surface area contributed by atoms with Gasteiger partial charge in [0.25, 0.3) is 0 Å². The molecule has 2 amide bonds. The smallest absolute Gasteiger partial charge is 0.240 e. The molecular weight excluding hydrogens is 560 g/mol. The maximum atomic E-state index is 12.6. The average molecular weight is 583 g/mol. The minimum Gasteiger partial charge on any atom is -0.454 e. The molecule has 1 aliphatic heterocycles. The summed E-state index contributed by atoms with van der Waals surface area (Å²) in [4.78, 5) is 25.1. The van der Waals surface area contributed by atoms with Crippen molar-refractivity contribution in [3.05, 3.63) is 101 Å². The van der Waals surface area contributed by atoms with E-state index in [0.717, 1.165) is 34.0 Å². The molecule has 3 aromatic carbocycles. The third-order valence-corrected chi connectivity index (χ3v) is 7.94. The van der Waals surface area contributed by atoms with Gasteiger partial charge in [0.05, 0.1) is 11.9 Å². The third-order valence-electron chi connectivity index (χ3n) is 6.46. The SMILES string of the molecule is Cc1c(Cl)cccc1NC(=O)CC1S/C(=N/N=C/c2cn(-c3ccccc3)nc2-c2cc3ccccc3o2)NC1=O.